The van der Waals surface area contributed by atoms with E-state index in [0.717, 1.165) is 12.2 Å². The molecule has 7 nitrogen and oxygen atoms in total. The van der Waals surface area contributed by atoms with Crippen LogP contribution in [0.5, 0.6) is 5.75 Å². The first-order valence-corrected chi connectivity index (χ1v) is 9.35. The minimum atomic E-state index is -3.15. The molecule has 1 heterocycles. The summed E-state index contributed by atoms with van der Waals surface area (Å²) in [5, 5.41) is 6.26. The number of guanidine groups is 1. The average Bonchev–Trinajstić information content (AvgIpc) is 2.97. The summed E-state index contributed by atoms with van der Waals surface area (Å²) >= 11 is 0. The lowest BCUT2D eigenvalue weighted by Crippen LogP contribution is -2.44. The van der Waals surface area contributed by atoms with Crippen molar-refractivity contribution in [2.45, 2.75) is 19.4 Å². The van der Waals surface area contributed by atoms with Gasteiger partial charge in [0.1, 0.15) is 11.9 Å². The van der Waals surface area contributed by atoms with Crippen LogP contribution in [0.25, 0.3) is 0 Å². The van der Waals surface area contributed by atoms with Gasteiger partial charge in [-0.3, -0.25) is 4.99 Å². The second-order valence-electron chi connectivity index (χ2n) is 5.23. The lowest BCUT2D eigenvalue weighted by molar-refractivity contribution is 0.235. The van der Waals surface area contributed by atoms with E-state index < -0.39 is 10.0 Å². The topological polar surface area (TPSA) is 91.8 Å². The smallest absolute Gasteiger partial charge is 0.211 e. The number of fused-ring (bicyclic) bond motifs is 1. The predicted molar refractivity (Wildman–Crippen MR) is 91.4 cm³/mol. The molecule has 1 unspecified atom stereocenters. The molecule has 1 aliphatic rings. The van der Waals surface area contributed by atoms with Gasteiger partial charge in [-0.15, -0.1) is 0 Å². The fourth-order valence-corrected chi connectivity index (χ4v) is 2.91. The normalized spacial score (nSPS) is 17.5. The molecule has 23 heavy (non-hydrogen) atoms. The van der Waals surface area contributed by atoms with Gasteiger partial charge in [0.05, 0.1) is 12.3 Å². The Labute approximate surface area is 137 Å². The first-order valence-electron chi connectivity index (χ1n) is 7.70. The summed E-state index contributed by atoms with van der Waals surface area (Å²) in [6.07, 6.45) is 0.945. The van der Waals surface area contributed by atoms with Crippen LogP contribution in [0.15, 0.2) is 29.3 Å². The summed E-state index contributed by atoms with van der Waals surface area (Å²) in [6, 6.07) is 8.02. The van der Waals surface area contributed by atoms with Gasteiger partial charge in [-0.05, 0) is 18.6 Å². The molecule has 1 atom stereocenters. The summed E-state index contributed by atoms with van der Waals surface area (Å²) in [6.45, 7) is 3.03. The van der Waals surface area contributed by atoms with E-state index in [2.05, 4.69) is 26.4 Å². The first-order chi connectivity index (χ1) is 11.0. The molecule has 128 valence electrons. The van der Waals surface area contributed by atoms with E-state index >= 15 is 0 Å². The third kappa shape index (κ3) is 5.40. The quantitative estimate of drug-likeness (QED) is 0.372. The molecule has 0 saturated carbocycles. The van der Waals surface area contributed by atoms with Crippen molar-refractivity contribution in [2.24, 2.45) is 4.99 Å². The van der Waals surface area contributed by atoms with Crippen LogP contribution in [0.2, 0.25) is 0 Å². The predicted octanol–water partition coefficient (Wildman–Crippen LogP) is 0.0944. The van der Waals surface area contributed by atoms with Gasteiger partial charge in [-0.25, -0.2) is 13.1 Å². The molecule has 0 bridgehead atoms. The van der Waals surface area contributed by atoms with Crippen molar-refractivity contribution >= 4 is 16.0 Å². The van der Waals surface area contributed by atoms with Gasteiger partial charge in [0.2, 0.25) is 10.0 Å². The van der Waals surface area contributed by atoms with E-state index in [0.29, 0.717) is 25.6 Å². The maximum Gasteiger partial charge on any atom is 0.211 e. The van der Waals surface area contributed by atoms with E-state index in [1.807, 2.05) is 18.2 Å². The standard InChI is InChI=1S/C15H24N4O3S/c1-3-23(20,21)19-9-8-17-15(16-2)18-11-13-10-12-6-4-5-7-14(12)22-13/h4-7,13,19H,3,8-11H2,1-2H3,(H2,16,17,18). The molecule has 0 radical (unpaired) electrons. The molecule has 1 aliphatic heterocycles. The van der Waals surface area contributed by atoms with Crippen LogP contribution in [0, 0.1) is 0 Å². The number of sulfonamides is 1. The Balaban J connectivity index is 1.68. The Morgan fingerprint density at radius 2 is 2.09 bits per heavy atom. The fraction of sp³-hybridized carbons (Fsp3) is 0.533. The van der Waals surface area contributed by atoms with Gasteiger partial charge >= 0.3 is 0 Å². The summed E-state index contributed by atoms with van der Waals surface area (Å²) in [7, 11) is -1.47. The van der Waals surface area contributed by atoms with Crippen molar-refractivity contribution in [1.82, 2.24) is 15.4 Å². The van der Waals surface area contributed by atoms with Crippen LogP contribution in [0.3, 0.4) is 0 Å². The van der Waals surface area contributed by atoms with Gasteiger partial charge in [0.15, 0.2) is 5.96 Å². The number of hydrogen-bond donors (Lipinski definition) is 3. The fourth-order valence-electron chi connectivity index (χ4n) is 2.29. The molecule has 0 fully saturated rings. The number of nitrogens with one attached hydrogen (secondary N) is 3. The summed E-state index contributed by atoms with van der Waals surface area (Å²) in [4.78, 5) is 4.11. The molecule has 8 heteroatoms. The summed E-state index contributed by atoms with van der Waals surface area (Å²) in [5.41, 5.74) is 1.22. The van der Waals surface area contributed by atoms with Crippen LogP contribution in [0.4, 0.5) is 0 Å². The van der Waals surface area contributed by atoms with Gasteiger partial charge in [0, 0.05) is 26.6 Å². The van der Waals surface area contributed by atoms with Crippen LogP contribution in [0.1, 0.15) is 12.5 Å². The van der Waals surface area contributed by atoms with Crippen LogP contribution in [-0.4, -0.2) is 52.9 Å². The van der Waals surface area contributed by atoms with Gasteiger partial charge < -0.3 is 15.4 Å². The molecule has 1 aromatic rings. The van der Waals surface area contributed by atoms with E-state index in [-0.39, 0.29) is 11.9 Å². The van der Waals surface area contributed by atoms with Crippen molar-refractivity contribution in [1.29, 1.82) is 0 Å². The van der Waals surface area contributed by atoms with Gasteiger partial charge in [-0.1, -0.05) is 18.2 Å². The van der Waals surface area contributed by atoms with Crippen LogP contribution < -0.4 is 20.1 Å². The molecule has 3 N–H and O–H groups in total. The summed E-state index contributed by atoms with van der Waals surface area (Å²) < 4.78 is 31.0. The van der Waals surface area contributed by atoms with Crippen molar-refractivity contribution in [2.75, 3.05) is 32.4 Å². The second-order valence-corrected chi connectivity index (χ2v) is 7.32. The molecular weight excluding hydrogens is 316 g/mol. The van der Waals surface area contributed by atoms with Gasteiger partial charge in [0.25, 0.3) is 0 Å². The number of hydrogen-bond acceptors (Lipinski definition) is 4. The molecule has 0 aliphatic carbocycles. The SMILES string of the molecule is CCS(=O)(=O)NCCNC(=NC)NCC1Cc2ccccc2O1. The number of aliphatic imine (C=N–C) groups is 1. The van der Waals surface area contributed by atoms with E-state index in [9.17, 15) is 8.42 Å². The Bertz CT molecular complexity index is 621. The third-order valence-electron chi connectivity index (χ3n) is 3.55. The van der Waals surface area contributed by atoms with E-state index in [1.54, 1.807) is 14.0 Å². The number of rotatable bonds is 7. The maximum absolute atomic E-state index is 11.3. The lowest BCUT2D eigenvalue weighted by atomic mass is 10.1. The zero-order valence-corrected chi connectivity index (χ0v) is 14.3. The second kappa shape index (κ2) is 8.16. The summed E-state index contributed by atoms with van der Waals surface area (Å²) in [5.74, 6) is 1.65. The Hall–Kier alpha value is -1.80. The maximum atomic E-state index is 11.3. The first kappa shape index (κ1) is 17.6. The van der Waals surface area contributed by atoms with Crippen molar-refractivity contribution < 1.29 is 13.2 Å². The molecular formula is C15H24N4O3S. The Morgan fingerprint density at radius 3 is 2.78 bits per heavy atom. The zero-order valence-electron chi connectivity index (χ0n) is 13.5. The highest BCUT2D eigenvalue weighted by Gasteiger charge is 2.22. The van der Waals surface area contributed by atoms with E-state index in [4.69, 9.17) is 4.74 Å². The minimum Gasteiger partial charge on any atom is -0.488 e. The van der Waals surface area contributed by atoms with Gasteiger partial charge in [-0.2, -0.15) is 0 Å². The third-order valence-corrected chi connectivity index (χ3v) is 4.96. The highest BCUT2D eigenvalue weighted by atomic mass is 32.2. The van der Waals surface area contributed by atoms with Crippen molar-refractivity contribution in [3.05, 3.63) is 29.8 Å². The Kier molecular flexibility index (Phi) is 6.23. The molecule has 0 aromatic heterocycles. The number of nitrogens with zero attached hydrogens (tertiary/aromatic N) is 1. The van der Waals surface area contributed by atoms with E-state index in [1.165, 1.54) is 5.56 Å². The minimum absolute atomic E-state index is 0.0737. The highest BCUT2D eigenvalue weighted by Crippen LogP contribution is 2.27. The molecule has 1 aromatic carbocycles. The van der Waals surface area contributed by atoms with Crippen molar-refractivity contribution in [3.8, 4) is 5.75 Å². The number of benzene rings is 1. The molecule has 0 amide bonds. The largest absolute Gasteiger partial charge is 0.488 e. The zero-order chi connectivity index (χ0) is 16.7. The molecule has 2 rings (SSSR count). The molecule has 0 spiro atoms. The molecule has 0 saturated heterocycles. The monoisotopic (exact) mass is 340 g/mol. The van der Waals surface area contributed by atoms with Crippen molar-refractivity contribution in [3.63, 3.8) is 0 Å². The lowest BCUT2D eigenvalue weighted by Gasteiger charge is -2.15. The highest BCUT2D eigenvalue weighted by molar-refractivity contribution is 7.89. The van der Waals surface area contributed by atoms with Crippen LogP contribution in [-0.2, 0) is 16.4 Å². The average molecular weight is 340 g/mol. The number of ether oxygens (including phenoxy) is 1. The van der Waals surface area contributed by atoms with Crippen LogP contribution >= 0.6 is 0 Å². The number of para-hydroxylation sites is 1. The Morgan fingerprint density at radius 1 is 1.30 bits per heavy atom.